The zero-order chi connectivity index (χ0) is 9.42. The lowest BCUT2D eigenvalue weighted by Gasteiger charge is -2.03. The molecule has 0 spiro atoms. The van der Waals surface area contributed by atoms with E-state index in [4.69, 9.17) is 17.3 Å². The molecule has 0 bridgehead atoms. The summed E-state index contributed by atoms with van der Waals surface area (Å²) in [6.45, 7) is 1.90. The predicted octanol–water partition coefficient (Wildman–Crippen LogP) is 2.01. The van der Waals surface area contributed by atoms with E-state index in [9.17, 15) is 0 Å². The number of hydrogen-bond acceptors (Lipinski definition) is 2. The first-order chi connectivity index (χ1) is 6.18. The van der Waals surface area contributed by atoms with Crippen LogP contribution in [0, 0.1) is 0 Å². The number of pyridine rings is 1. The van der Waals surface area contributed by atoms with E-state index < -0.39 is 0 Å². The van der Waals surface area contributed by atoms with Crippen molar-refractivity contribution in [3.8, 4) is 0 Å². The first-order valence-electron chi connectivity index (χ1n) is 4.06. The van der Waals surface area contributed by atoms with Gasteiger partial charge in [0.2, 0.25) is 0 Å². The van der Waals surface area contributed by atoms with Crippen molar-refractivity contribution in [1.82, 2.24) is 9.38 Å². The van der Waals surface area contributed by atoms with Crippen LogP contribution in [-0.2, 0) is 0 Å². The van der Waals surface area contributed by atoms with Crippen molar-refractivity contribution >= 4 is 17.1 Å². The molecule has 2 rings (SSSR count). The Hall–Kier alpha value is -1.06. The van der Waals surface area contributed by atoms with Crippen molar-refractivity contribution < 1.29 is 0 Å². The van der Waals surface area contributed by atoms with Crippen LogP contribution in [0.2, 0.25) is 5.02 Å². The van der Waals surface area contributed by atoms with E-state index in [1.54, 1.807) is 6.20 Å². The molecule has 2 aromatic heterocycles. The molecule has 2 heterocycles. The molecule has 2 N–H and O–H groups in total. The van der Waals surface area contributed by atoms with Crippen molar-refractivity contribution in [2.24, 2.45) is 5.73 Å². The van der Waals surface area contributed by atoms with Crippen LogP contribution >= 0.6 is 11.6 Å². The summed E-state index contributed by atoms with van der Waals surface area (Å²) in [6, 6.07) is 3.67. The molecule has 1 atom stereocenters. The highest BCUT2D eigenvalue weighted by molar-refractivity contribution is 6.30. The van der Waals surface area contributed by atoms with Crippen LogP contribution in [0.3, 0.4) is 0 Å². The molecule has 2 aromatic rings. The van der Waals surface area contributed by atoms with Crippen LogP contribution < -0.4 is 5.73 Å². The number of nitrogens with two attached hydrogens (primary N) is 1. The quantitative estimate of drug-likeness (QED) is 0.757. The first kappa shape index (κ1) is 8.53. The Morgan fingerprint density at radius 1 is 1.54 bits per heavy atom. The van der Waals surface area contributed by atoms with Gasteiger partial charge < -0.3 is 10.1 Å². The van der Waals surface area contributed by atoms with Crippen LogP contribution in [0.1, 0.15) is 18.8 Å². The Labute approximate surface area is 81.1 Å². The molecule has 13 heavy (non-hydrogen) atoms. The summed E-state index contributed by atoms with van der Waals surface area (Å²) in [5.41, 5.74) is 6.76. The van der Waals surface area contributed by atoms with E-state index in [1.807, 2.05) is 29.7 Å². The summed E-state index contributed by atoms with van der Waals surface area (Å²) in [6.07, 6.45) is 3.61. The van der Waals surface area contributed by atoms with Gasteiger partial charge in [-0.1, -0.05) is 11.6 Å². The summed E-state index contributed by atoms with van der Waals surface area (Å²) in [5.74, 6) is 0.831. The third kappa shape index (κ3) is 1.41. The average Bonchev–Trinajstić information content (AvgIpc) is 2.46. The standard InChI is InChI=1S/C9H10ClN3/c1-6(11)9-12-4-8-3-2-7(10)5-13(8)9/h2-6H,11H2,1H3. The largest absolute Gasteiger partial charge is 0.322 e. The van der Waals surface area contributed by atoms with E-state index >= 15 is 0 Å². The van der Waals surface area contributed by atoms with Crippen molar-refractivity contribution in [2.75, 3.05) is 0 Å². The minimum atomic E-state index is -0.0824. The number of aromatic nitrogens is 2. The lowest BCUT2D eigenvalue weighted by molar-refractivity contribution is 0.736. The maximum absolute atomic E-state index is 5.86. The van der Waals surface area contributed by atoms with Crippen molar-refractivity contribution in [3.63, 3.8) is 0 Å². The van der Waals surface area contributed by atoms with Gasteiger partial charge in [0.1, 0.15) is 5.82 Å². The summed E-state index contributed by atoms with van der Waals surface area (Å²) < 4.78 is 1.91. The molecule has 0 radical (unpaired) electrons. The zero-order valence-electron chi connectivity index (χ0n) is 7.24. The van der Waals surface area contributed by atoms with Crippen molar-refractivity contribution in [1.29, 1.82) is 0 Å². The predicted molar refractivity (Wildman–Crippen MR) is 52.8 cm³/mol. The van der Waals surface area contributed by atoms with E-state index in [-0.39, 0.29) is 6.04 Å². The molecule has 0 fully saturated rings. The second kappa shape index (κ2) is 3.01. The van der Waals surface area contributed by atoms with Gasteiger partial charge in [0.15, 0.2) is 0 Å². The van der Waals surface area contributed by atoms with Crippen LogP contribution in [0.4, 0.5) is 0 Å². The maximum atomic E-state index is 5.86. The van der Waals surface area contributed by atoms with Crippen molar-refractivity contribution in [2.45, 2.75) is 13.0 Å². The number of halogens is 1. The van der Waals surface area contributed by atoms with Crippen LogP contribution in [0.15, 0.2) is 24.5 Å². The lowest BCUT2D eigenvalue weighted by Crippen LogP contribution is -2.09. The second-order valence-corrected chi connectivity index (χ2v) is 3.48. The van der Waals surface area contributed by atoms with Crippen LogP contribution in [0.25, 0.3) is 5.52 Å². The SMILES string of the molecule is CC(N)c1ncc2ccc(Cl)cn12. The number of fused-ring (bicyclic) bond motifs is 1. The van der Waals surface area contributed by atoms with E-state index in [0.29, 0.717) is 5.02 Å². The fourth-order valence-corrected chi connectivity index (χ4v) is 1.48. The fraction of sp³-hybridized carbons (Fsp3) is 0.222. The molecule has 0 aliphatic rings. The monoisotopic (exact) mass is 195 g/mol. The van der Waals surface area contributed by atoms with Crippen LogP contribution in [0.5, 0.6) is 0 Å². The number of rotatable bonds is 1. The maximum Gasteiger partial charge on any atom is 0.129 e. The smallest absolute Gasteiger partial charge is 0.129 e. The minimum Gasteiger partial charge on any atom is -0.322 e. The van der Waals surface area contributed by atoms with Gasteiger partial charge in [0.25, 0.3) is 0 Å². The molecule has 0 aromatic carbocycles. The van der Waals surface area contributed by atoms with Crippen molar-refractivity contribution in [3.05, 3.63) is 35.4 Å². The van der Waals surface area contributed by atoms with Crippen LogP contribution in [-0.4, -0.2) is 9.38 Å². The molecule has 0 amide bonds. The molecule has 0 aliphatic carbocycles. The Morgan fingerprint density at radius 3 is 3.00 bits per heavy atom. The topological polar surface area (TPSA) is 43.3 Å². The summed E-state index contributed by atoms with van der Waals surface area (Å²) in [5, 5.41) is 0.687. The summed E-state index contributed by atoms with van der Waals surface area (Å²) >= 11 is 5.86. The van der Waals surface area contributed by atoms with Gasteiger partial charge in [-0.15, -0.1) is 0 Å². The molecule has 0 aliphatic heterocycles. The van der Waals surface area contributed by atoms with E-state index in [2.05, 4.69) is 4.98 Å². The van der Waals surface area contributed by atoms with E-state index in [1.165, 1.54) is 0 Å². The van der Waals surface area contributed by atoms with Gasteiger partial charge in [-0.25, -0.2) is 4.98 Å². The third-order valence-electron chi connectivity index (χ3n) is 1.93. The molecule has 68 valence electrons. The minimum absolute atomic E-state index is 0.0824. The first-order valence-corrected chi connectivity index (χ1v) is 4.44. The number of hydrogen-bond donors (Lipinski definition) is 1. The molecule has 0 saturated heterocycles. The summed E-state index contributed by atoms with van der Waals surface area (Å²) in [7, 11) is 0. The Balaban J connectivity index is 2.71. The van der Waals surface area contributed by atoms with Gasteiger partial charge in [-0.3, -0.25) is 0 Å². The second-order valence-electron chi connectivity index (χ2n) is 3.05. The van der Waals surface area contributed by atoms with Gasteiger partial charge in [-0.05, 0) is 19.1 Å². The highest BCUT2D eigenvalue weighted by atomic mass is 35.5. The number of imidazole rings is 1. The molecule has 4 heteroatoms. The van der Waals surface area contributed by atoms with Gasteiger partial charge in [-0.2, -0.15) is 0 Å². The fourth-order valence-electron chi connectivity index (χ4n) is 1.32. The number of nitrogens with zero attached hydrogens (tertiary/aromatic N) is 2. The third-order valence-corrected chi connectivity index (χ3v) is 2.15. The Bertz CT molecular complexity index is 433. The average molecular weight is 196 g/mol. The Kier molecular flexibility index (Phi) is 1.98. The molecule has 1 unspecified atom stereocenters. The van der Waals surface area contributed by atoms with Gasteiger partial charge in [0.05, 0.1) is 22.8 Å². The molecule has 0 saturated carbocycles. The van der Waals surface area contributed by atoms with Gasteiger partial charge in [0, 0.05) is 6.20 Å². The molecular weight excluding hydrogens is 186 g/mol. The molecular formula is C9H10ClN3. The highest BCUT2D eigenvalue weighted by Gasteiger charge is 2.07. The highest BCUT2D eigenvalue weighted by Crippen LogP contribution is 2.15. The van der Waals surface area contributed by atoms with E-state index in [0.717, 1.165) is 11.3 Å². The Morgan fingerprint density at radius 2 is 2.31 bits per heavy atom. The summed E-state index contributed by atoms with van der Waals surface area (Å²) in [4.78, 5) is 4.22. The normalized spacial score (nSPS) is 13.5. The van der Waals surface area contributed by atoms with Gasteiger partial charge >= 0.3 is 0 Å². The zero-order valence-corrected chi connectivity index (χ0v) is 7.99. The lowest BCUT2D eigenvalue weighted by atomic mass is 10.3. The molecule has 3 nitrogen and oxygen atoms in total.